The molecule has 1 N–H and O–H groups in total. The van der Waals surface area contributed by atoms with Crippen molar-refractivity contribution in [1.29, 1.82) is 0 Å². The Bertz CT molecular complexity index is 501. The van der Waals surface area contributed by atoms with Crippen molar-refractivity contribution in [3.8, 4) is 0 Å². The first kappa shape index (κ1) is 13.2. The van der Waals surface area contributed by atoms with Crippen LogP contribution in [0.25, 0.3) is 0 Å². The van der Waals surface area contributed by atoms with Gasteiger partial charge in [-0.2, -0.15) is 5.10 Å². The molecule has 2 aromatic rings. The Hall–Kier alpha value is -1.20. The molecule has 2 aromatic heterocycles. The molecule has 2 heterocycles. The van der Waals surface area contributed by atoms with E-state index in [1.54, 1.807) is 11.3 Å². The minimum atomic E-state index is 0.781. The molecular formula is C13H20N4S. The van der Waals surface area contributed by atoms with Gasteiger partial charge in [-0.05, 0) is 26.0 Å². The maximum Gasteiger partial charge on any atom is 0.107 e. The highest BCUT2D eigenvalue weighted by atomic mass is 32.1. The predicted octanol–water partition coefficient (Wildman–Crippen LogP) is 2.23. The molecular weight excluding hydrogens is 244 g/mol. The first-order valence-corrected chi connectivity index (χ1v) is 7.28. The van der Waals surface area contributed by atoms with E-state index in [9.17, 15) is 0 Å². The molecule has 18 heavy (non-hydrogen) atoms. The molecule has 0 radical (unpaired) electrons. The molecule has 0 atom stereocenters. The first-order valence-electron chi connectivity index (χ1n) is 6.40. The molecule has 0 aromatic carbocycles. The van der Waals surface area contributed by atoms with Crippen molar-refractivity contribution in [3.05, 3.63) is 33.5 Å². The lowest BCUT2D eigenvalue weighted by molar-refractivity contribution is 0.629. The quantitative estimate of drug-likeness (QED) is 0.870. The highest BCUT2D eigenvalue weighted by Gasteiger charge is 2.08. The van der Waals surface area contributed by atoms with Crippen LogP contribution in [0, 0.1) is 0 Å². The lowest BCUT2D eigenvalue weighted by Crippen LogP contribution is -2.08. The van der Waals surface area contributed by atoms with Crippen LogP contribution in [-0.4, -0.2) is 21.8 Å². The number of thiazole rings is 1. The average molecular weight is 264 g/mol. The van der Waals surface area contributed by atoms with Crippen molar-refractivity contribution in [2.24, 2.45) is 0 Å². The molecule has 0 unspecified atom stereocenters. The minimum absolute atomic E-state index is 0.781. The fourth-order valence-electron chi connectivity index (χ4n) is 1.92. The third-order valence-corrected chi connectivity index (χ3v) is 3.78. The Balaban J connectivity index is 2.14. The standard InChI is InChI=1S/C13H20N4S/c1-4-10-6-12(5-2)17(16-10)8-11-9-18-13(15-11)7-14-3/h6,9,14H,4-5,7-8H2,1-3H3. The molecule has 0 amide bonds. The van der Waals surface area contributed by atoms with Crippen LogP contribution in [0.15, 0.2) is 11.4 Å². The van der Waals surface area contributed by atoms with Crippen LogP contribution in [0.2, 0.25) is 0 Å². The van der Waals surface area contributed by atoms with Crippen molar-refractivity contribution in [1.82, 2.24) is 20.1 Å². The van der Waals surface area contributed by atoms with Crippen molar-refractivity contribution in [3.63, 3.8) is 0 Å². The van der Waals surface area contributed by atoms with Crippen molar-refractivity contribution in [2.45, 2.75) is 39.8 Å². The smallest absolute Gasteiger partial charge is 0.107 e. The molecule has 0 fully saturated rings. The van der Waals surface area contributed by atoms with E-state index in [-0.39, 0.29) is 0 Å². The highest BCUT2D eigenvalue weighted by molar-refractivity contribution is 7.09. The summed E-state index contributed by atoms with van der Waals surface area (Å²) in [4.78, 5) is 4.60. The van der Waals surface area contributed by atoms with E-state index in [0.29, 0.717) is 0 Å². The molecule has 0 aliphatic carbocycles. The van der Waals surface area contributed by atoms with Crippen LogP contribution in [0.4, 0.5) is 0 Å². The molecule has 2 rings (SSSR count). The second-order valence-corrected chi connectivity index (χ2v) is 5.20. The van der Waals surface area contributed by atoms with Crippen molar-refractivity contribution < 1.29 is 0 Å². The van der Waals surface area contributed by atoms with Gasteiger partial charge in [0.2, 0.25) is 0 Å². The normalized spacial score (nSPS) is 11.1. The molecule has 0 aliphatic heterocycles. The SMILES string of the molecule is CCc1cc(CC)n(Cc2csc(CNC)n2)n1. The van der Waals surface area contributed by atoms with E-state index in [1.807, 2.05) is 7.05 Å². The van der Waals surface area contributed by atoms with Gasteiger partial charge in [0, 0.05) is 17.6 Å². The molecule has 98 valence electrons. The van der Waals surface area contributed by atoms with Crippen molar-refractivity contribution >= 4 is 11.3 Å². The fraction of sp³-hybridized carbons (Fsp3) is 0.538. The van der Waals surface area contributed by atoms with Gasteiger partial charge in [0.1, 0.15) is 5.01 Å². The van der Waals surface area contributed by atoms with E-state index in [2.05, 4.69) is 45.4 Å². The third kappa shape index (κ3) is 2.97. The molecule has 0 saturated carbocycles. The summed E-state index contributed by atoms with van der Waals surface area (Å²) in [6.07, 6.45) is 2.00. The van der Waals surface area contributed by atoms with Crippen LogP contribution in [0.3, 0.4) is 0 Å². The maximum absolute atomic E-state index is 4.62. The molecule has 0 spiro atoms. The zero-order valence-corrected chi connectivity index (χ0v) is 12.0. The van der Waals surface area contributed by atoms with Crippen LogP contribution >= 0.6 is 11.3 Å². The summed E-state index contributed by atoms with van der Waals surface area (Å²) in [5, 5.41) is 11.0. The molecule has 4 nitrogen and oxygen atoms in total. The Morgan fingerprint density at radius 1 is 1.28 bits per heavy atom. The lowest BCUT2D eigenvalue weighted by atomic mass is 10.2. The highest BCUT2D eigenvalue weighted by Crippen LogP contribution is 2.13. The van der Waals surface area contributed by atoms with Crippen LogP contribution in [0.1, 0.15) is 35.9 Å². The fourth-order valence-corrected chi connectivity index (χ4v) is 2.71. The third-order valence-electron chi connectivity index (χ3n) is 2.88. The van der Waals surface area contributed by atoms with Gasteiger partial charge in [0.05, 0.1) is 17.9 Å². The van der Waals surface area contributed by atoms with E-state index in [1.165, 1.54) is 5.69 Å². The number of aromatic nitrogens is 3. The summed E-state index contributed by atoms with van der Waals surface area (Å²) >= 11 is 1.70. The summed E-state index contributed by atoms with van der Waals surface area (Å²) in [5.74, 6) is 0. The van der Waals surface area contributed by atoms with Crippen LogP contribution in [0.5, 0.6) is 0 Å². The van der Waals surface area contributed by atoms with E-state index < -0.39 is 0 Å². The number of rotatable bonds is 6. The van der Waals surface area contributed by atoms with Gasteiger partial charge < -0.3 is 5.32 Å². The van der Waals surface area contributed by atoms with Gasteiger partial charge in [-0.15, -0.1) is 11.3 Å². The number of aryl methyl sites for hydroxylation is 2. The summed E-state index contributed by atoms with van der Waals surface area (Å²) < 4.78 is 2.08. The Labute approximate surface area is 112 Å². The van der Waals surface area contributed by atoms with E-state index in [4.69, 9.17) is 0 Å². The van der Waals surface area contributed by atoms with Gasteiger partial charge in [-0.25, -0.2) is 4.98 Å². The topological polar surface area (TPSA) is 42.7 Å². The lowest BCUT2D eigenvalue weighted by Gasteiger charge is -2.03. The van der Waals surface area contributed by atoms with Gasteiger partial charge in [0.15, 0.2) is 0 Å². The molecule has 5 heteroatoms. The van der Waals surface area contributed by atoms with Crippen LogP contribution < -0.4 is 5.32 Å². The Kier molecular flexibility index (Phi) is 4.49. The maximum atomic E-state index is 4.62. The monoisotopic (exact) mass is 264 g/mol. The Morgan fingerprint density at radius 3 is 2.78 bits per heavy atom. The van der Waals surface area contributed by atoms with Gasteiger partial charge in [-0.1, -0.05) is 13.8 Å². The zero-order chi connectivity index (χ0) is 13.0. The number of nitrogens with one attached hydrogen (secondary N) is 1. The predicted molar refractivity (Wildman–Crippen MR) is 75.0 cm³/mol. The van der Waals surface area contributed by atoms with Gasteiger partial charge in [0.25, 0.3) is 0 Å². The van der Waals surface area contributed by atoms with Crippen LogP contribution in [-0.2, 0) is 25.9 Å². The minimum Gasteiger partial charge on any atom is -0.314 e. The number of hydrogen-bond acceptors (Lipinski definition) is 4. The number of hydrogen-bond donors (Lipinski definition) is 1. The summed E-state index contributed by atoms with van der Waals surface area (Å²) in [6.45, 7) is 5.93. The Morgan fingerprint density at radius 2 is 2.11 bits per heavy atom. The molecule has 0 aliphatic rings. The summed E-state index contributed by atoms with van der Waals surface area (Å²) in [6, 6.07) is 2.20. The summed E-state index contributed by atoms with van der Waals surface area (Å²) in [7, 11) is 1.94. The zero-order valence-electron chi connectivity index (χ0n) is 11.2. The largest absolute Gasteiger partial charge is 0.314 e. The van der Waals surface area contributed by atoms with Crippen molar-refractivity contribution in [2.75, 3.05) is 7.05 Å². The van der Waals surface area contributed by atoms with Gasteiger partial charge >= 0.3 is 0 Å². The van der Waals surface area contributed by atoms with Gasteiger partial charge in [-0.3, -0.25) is 4.68 Å². The van der Waals surface area contributed by atoms with E-state index >= 15 is 0 Å². The second kappa shape index (κ2) is 6.11. The summed E-state index contributed by atoms with van der Waals surface area (Å²) in [5.41, 5.74) is 3.55. The molecule has 0 saturated heterocycles. The first-order chi connectivity index (χ1) is 8.76. The molecule has 0 bridgehead atoms. The van der Waals surface area contributed by atoms with E-state index in [0.717, 1.165) is 42.3 Å². The number of nitrogens with zero attached hydrogens (tertiary/aromatic N) is 3. The average Bonchev–Trinajstić information content (AvgIpc) is 2.97. The second-order valence-electron chi connectivity index (χ2n) is 4.25.